The predicted molar refractivity (Wildman–Crippen MR) is 75.2 cm³/mol. The van der Waals surface area contributed by atoms with Crippen LogP contribution in [0.1, 0.15) is 26.2 Å². The van der Waals surface area contributed by atoms with Gasteiger partial charge in [0.25, 0.3) is 0 Å². The van der Waals surface area contributed by atoms with E-state index in [-0.39, 0.29) is 5.91 Å². The molecule has 5 heteroatoms. The summed E-state index contributed by atoms with van der Waals surface area (Å²) in [6.07, 6.45) is 3.89. The molecular weight excluding hydrogens is 242 g/mol. The van der Waals surface area contributed by atoms with E-state index in [2.05, 4.69) is 17.1 Å². The van der Waals surface area contributed by atoms with Gasteiger partial charge < -0.3 is 15.0 Å². The average Bonchev–Trinajstić information content (AvgIpc) is 2.93. The number of nitrogens with zero attached hydrogens (tertiary/aromatic N) is 2. The molecule has 0 spiro atoms. The minimum absolute atomic E-state index is 0.241. The Morgan fingerprint density at radius 3 is 2.74 bits per heavy atom. The Morgan fingerprint density at radius 2 is 2.11 bits per heavy atom. The molecule has 2 aliphatic rings. The Hall–Kier alpha value is -0.650. The van der Waals surface area contributed by atoms with Gasteiger partial charge in [0, 0.05) is 39.3 Å². The first kappa shape index (κ1) is 14.8. The molecule has 5 nitrogen and oxygen atoms in total. The summed E-state index contributed by atoms with van der Waals surface area (Å²) in [5.74, 6) is 0.241. The quantitative estimate of drug-likeness (QED) is 0.705. The molecule has 0 aromatic heterocycles. The van der Waals surface area contributed by atoms with Crippen molar-refractivity contribution in [2.24, 2.45) is 0 Å². The van der Waals surface area contributed by atoms with Crippen molar-refractivity contribution in [1.29, 1.82) is 0 Å². The highest BCUT2D eigenvalue weighted by atomic mass is 16.5. The first-order valence-electron chi connectivity index (χ1n) is 7.62. The number of amides is 1. The largest absolute Gasteiger partial charge is 0.377 e. The monoisotopic (exact) mass is 269 g/mol. The Kier molecular flexibility index (Phi) is 6.07. The lowest BCUT2D eigenvalue weighted by Gasteiger charge is -2.35. The summed E-state index contributed by atoms with van der Waals surface area (Å²) in [6.45, 7) is 9.17. The molecule has 2 saturated heterocycles. The molecular formula is C14H27N3O2. The number of carbonyl (C=O) groups is 1. The van der Waals surface area contributed by atoms with Crippen molar-refractivity contribution in [3.8, 4) is 0 Å². The van der Waals surface area contributed by atoms with Crippen LogP contribution in [0.4, 0.5) is 0 Å². The van der Waals surface area contributed by atoms with E-state index >= 15 is 0 Å². The molecule has 0 aromatic carbocycles. The van der Waals surface area contributed by atoms with Crippen LogP contribution in [0.2, 0.25) is 0 Å². The van der Waals surface area contributed by atoms with Gasteiger partial charge in [0.2, 0.25) is 5.91 Å². The second-order valence-electron chi connectivity index (χ2n) is 5.49. The highest BCUT2D eigenvalue weighted by Gasteiger charge is 2.24. The minimum atomic E-state index is 0.241. The summed E-state index contributed by atoms with van der Waals surface area (Å²) < 4.78 is 5.66. The van der Waals surface area contributed by atoms with Gasteiger partial charge in [-0.25, -0.2) is 0 Å². The number of hydrogen-bond donors (Lipinski definition) is 1. The Bertz CT molecular complexity index is 272. The van der Waals surface area contributed by atoms with Crippen molar-refractivity contribution in [1.82, 2.24) is 15.1 Å². The van der Waals surface area contributed by atoms with E-state index in [1.54, 1.807) is 0 Å². The highest BCUT2D eigenvalue weighted by Crippen LogP contribution is 2.14. The zero-order chi connectivity index (χ0) is 13.5. The van der Waals surface area contributed by atoms with Crippen molar-refractivity contribution in [2.75, 3.05) is 52.4 Å². The van der Waals surface area contributed by atoms with E-state index in [1.807, 2.05) is 4.90 Å². The number of hydrogen-bond acceptors (Lipinski definition) is 4. The number of ether oxygens (including phenoxy) is 1. The molecule has 2 rings (SSSR count). The van der Waals surface area contributed by atoms with Gasteiger partial charge >= 0.3 is 0 Å². The molecule has 1 atom stereocenters. The summed E-state index contributed by atoms with van der Waals surface area (Å²) in [6, 6.07) is 0. The normalized spacial score (nSPS) is 24.9. The number of rotatable bonds is 6. The van der Waals surface area contributed by atoms with Gasteiger partial charge in [0.15, 0.2) is 0 Å². The average molecular weight is 269 g/mol. The predicted octanol–water partition coefficient (Wildman–Crippen LogP) is 0.309. The maximum Gasteiger partial charge on any atom is 0.236 e. The molecule has 1 unspecified atom stereocenters. The minimum Gasteiger partial charge on any atom is -0.377 e. The van der Waals surface area contributed by atoms with Gasteiger partial charge in [-0.3, -0.25) is 9.69 Å². The maximum absolute atomic E-state index is 11.9. The van der Waals surface area contributed by atoms with Crippen LogP contribution in [0.25, 0.3) is 0 Å². The molecule has 0 radical (unpaired) electrons. The van der Waals surface area contributed by atoms with Crippen LogP contribution in [0.3, 0.4) is 0 Å². The van der Waals surface area contributed by atoms with Crippen LogP contribution in [-0.2, 0) is 9.53 Å². The van der Waals surface area contributed by atoms with Crippen molar-refractivity contribution >= 4 is 5.91 Å². The van der Waals surface area contributed by atoms with Crippen molar-refractivity contribution < 1.29 is 9.53 Å². The van der Waals surface area contributed by atoms with E-state index in [9.17, 15) is 4.79 Å². The smallest absolute Gasteiger partial charge is 0.236 e. The first-order valence-corrected chi connectivity index (χ1v) is 7.62. The molecule has 0 aliphatic carbocycles. The number of carbonyl (C=O) groups excluding carboxylic acids is 1. The summed E-state index contributed by atoms with van der Waals surface area (Å²) >= 11 is 0. The van der Waals surface area contributed by atoms with Crippen molar-refractivity contribution in [3.63, 3.8) is 0 Å². The standard InChI is InChI=1S/C14H27N3O2/c1-2-5-15-11-14(18)17-8-6-16(7-9-17)12-13-4-3-10-19-13/h13,15H,2-12H2,1H3. The lowest BCUT2D eigenvalue weighted by molar-refractivity contribution is -0.132. The van der Waals surface area contributed by atoms with Gasteiger partial charge in [0.05, 0.1) is 12.6 Å². The van der Waals surface area contributed by atoms with Gasteiger partial charge in [-0.2, -0.15) is 0 Å². The molecule has 1 N–H and O–H groups in total. The lowest BCUT2D eigenvalue weighted by Crippen LogP contribution is -2.52. The Labute approximate surface area is 116 Å². The zero-order valence-electron chi connectivity index (χ0n) is 12.1. The van der Waals surface area contributed by atoms with E-state index in [4.69, 9.17) is 4.74 Å². The summed E-state index contributed by atoms with van der Waals surface area (Å²) in [5.41, 5.74) is 0. The van der Waals surface area contributed by atoms with Crippen LogP contribution < -0.4 is 5.32 Å². The topological polar surface area (TPSA) is 44.8 Å². The molecule has 2 heterocycles. The summed E-state index contributed by atoms with van der Waals surface area (Å²) in [4.78, 5) is 16.4. The third kappa shape index (κ3) is 4.75. The fourth-order valence-electron chi connectivity index (χ4n) is 2.74. The molecule has 110 valence electrons. The van der Waals surface area contributed by atoms with Crippen molar-refractivity contribution in [2.45, 2.75) is 32.3 Å². The van der Waals surface area contributed by atoms with E-state index < -0.39 is 0 Å². The van der Waals surface area contributed by atoms with Crippen LogP contribution in [0, 0.1) is 0 Å². The molecule has 0 aromatic rings. The van der Waals surface area contributed by atoms with Crippen LogP contribution in [-0.4, -0.2) is 74.2 Å². The Morgan fingerprint density at radius 1 is 1.32 bits per heavy atom. The van der Waals surface area contributed by atoms with Gasteiger partial charge in [0.1, 0.15) is 0 Å². The van der Waals surface area contributed by atoms with Crippen molar-refractivity contribution in [3.05, 3.63) is 0 Å². The third-order valence-electron chi connectivity index (χ3n) is 3.91. The van der Waals surface area contributed by atoms with Gasteiger partial charge in [-0.1, -0.05) is 6.92 Å². The molecule has 1 amide bonds. The second kappa shape index (κ2) is 7.82. The van der Waals surface area contributed by atoms with Crippen LogP contribution in [0.15, 0.2) is 0 Å². The summed E-state index contributed by atoms with van der Waals surface area (Å²) in [7, 11) is 0. The Balaban J connectivity index is 1.62. The van der Waals surface area contributed by atoms with E-state index in [1.165, 1.54) is 12.8 Å². The second-order valence-corrected chi connectivity index (χ2v) is 5.49. The third-order valence-corrected chi connectivity index (χ3v) is 3.91. The molecule has 2 fully saturated rings. The molecule has 0 bridgehead atoms. The zero-order valence-corrected chi connectivity index (χ0v) is 12.1. The fraction of sp³-hybridized carbons (Fsp3) is 0.929. The molecule has 2 aliphatic heterocycles. The first-order chi connectivity index (χ1) is 9.29. The number of piperazine rings is 1. The SMILES string of the molecule is CCCNCC(=O)N1CCN(CC2CCCO2)CC1. The van der Waals surface area contributed by atoms with Gasteiger partial charge in [-0.05, 0) is 25.8 Å². The summed E-state index contributed by atoms with van der Waals surface area (Å²) in [5, 5.41) is 3.18. The van der Waals surface area contributed by atoms with Gasteiger partial charge in [-0.15, -0.1) is 0 Å². The van der Waals surface area contributed by atoms with Crippen LogP contribution >= 0.6 is 0 Å². The van der Waals surface area contributed by atoms with E-state index in [0.29, 0.717) is 12.6 Å². The number of nitrogens with one attached hydrogen (secondary N) is 1. The van der Waals surface area contributed by atoms with E-state index in [0.717, 1.165) is 52.3 Å². The highest BCUT2D eigenvalue weighted by molar-refractivity contribution is 5.78. The molecule has 19 heavy (non-hydrogen) atoms. The van der Waals surface area contributed by atoms with Crippen LogP contribution in [0.5, 0.6) is 0 Å². The molecule has 0 saturated carbocycles. The lowest BCUT2D eigenvalue weighted by atomic mass is 10.2. The maximum atomic E-state index is 11.9. The fourth-order valence-corrected chi connectivity index (χ4v) is 2.74.